The van der Waals surface area contributed by atoms with Crippen LogP contribution in [0.3, 0.4) is 0 Å². The van der Waals surface area contributed by atoms with Gasteiger partial charge in [0, 0.05) is 6.04 Å². The van der Waals surface area contributed by atoms with Crippen molar-refractivity contribution in [2.75, 3.05) is 6.61 Å². The Labute approximate surface area is 95.6 Å². The molecule has 1 aliphatic carbocycles. The van der Waals surface area contributed by atoms with E-state index in [9.17, 15) is 4.39 Å². The summed E-state index contributed by atoms with van der Waals surface area (Å²) in [7, 11) is 0. The third kappa shape index (κ3) is 2.95. The largest absolute Gasteiger partial charge is 0.491 e. The van der Waals surface area contributed by atoms with Gasteiger partial charge in [-0.2, -0.15) is 0 Å². The van der Waals surface area contributed by atoms with Crippen molar-refractivity contribution in [1.29, 1.82) is 0 Å². The lowest BCUT2D eigenvalue weighted by atomic mass is 10.1. The molecule has 2 N–H and O–H groups in total. The van der Waals surface area contributed by atoms with Crippen molar-refractivity contribution in [3.63, 3.8) is 0 Å². The lowest BCUT2D eigenvalue weighted by Gasteiger charge is -2.10. The molecule has 2 rings (SSSR count). The Kier molecular flexibility index (Phi) is 3.44. The first kappa shape index (κ1) is 11.4. The summed E-state index contributed by atoms with van der Waals surface area (Å²) in [6, 6.07) is 4.80. The molecule has 0 bridgehead atoms. The lowest BCUT2D eigenvalue weighted by Crippen LogP contribution is -2.06. The van der Waals surface area contributed by atoms with Crippen molar-refractivity contribution in [2.45, 2.75) is 32.2 Å². The third-order valence-electron chi connectivity index (χ3n) is 2.96. The summed E-state index contributed by atoms with van der Waals surface area (Å²) in [6.07, 6.45) is 3.64. The Morgan fingerprint density at radius 1 is 1.50 bits per heavy atom. The molecule has 0 radical (unpaired) electrons. The second kappa shape index (κ2) is 4.83. The highest BCUT2D eigenvalue weighted by molar-refractivity contribution is 5.30. The number of nitrogens with two attached hydrogens (primary N) is 1. The van der Waals surface area contributed by atoms with Crippen molar-refractivity contribution >= 4 is 0 Å². The van der Waals surface area contributed by atoms with E-state index in [0.29, 0.717) is 12.4 Å². The fourth-order valence-corrected chi connectivity index (χ4v) is 1.66. The zero-order valence-corrected chi connectivity index (χ0v) is 9.58. The Morgan fingerprint density at radius 3 is 2.81 bits per heavy atom. The van der Waals surface area contributed by atoms with Gasteiger partial charge in [0.25, 0.3) is 0 Å². The summed E-state index contributed by atoms with van der Waals surface area (Å²) in [4.78, 5) is 0. The minimum absolute atomic E-state index is 0.144. The van der Waals surface area contributed by atoms with Crippen molar-refractivity contribution in [3.05, 3.63) is 29.6 Å². The molecule has 0 spiro atoms. The number of ether oxygens (including phenoxy) is 1. The number of rotatable bonds is 5. The molecule has 1 atom stereocenters. The van der Waals surface area contributed by atoms with Gasteiger partial charge in [0.05, 0.1) is 6.61 Å². The first-order chi connectivity index (χ1) is 7.66. The van der Waals surface area contributed by atoms with Gasteiger partial charge in [0.1, 0.15) is 0 Å². The fourth-order valence-electron chi connectivity index (χ4n) is 1.66. The van der Waals surface area contributed by atoms with Crippen LogP contribution < -0.4 is 10.5 Å². The van der Waals surface area contributed by atoms with E-state index in [-0.39, 0.29) is 11.9 Å². The fraction of sp³-hybridized carbons (Fsp3) is 0.538. The van der Waals surface area contributed by atoms with E-state index in [0.717, 1.165) is 17.9 Å². The molecule has 1 aromatic rings. The third-order valence-corrected chi connectivity index (χ3v) is 2.96. The van der Waals surface area contributed by atoms with Crippen molar-refractivity contribution in [2.24, 2.45) is 11.7 Å². The number of benzene rings is 1. The monoisotopic (exact) mass is 223 g/mol. The minimum Gasteiger partial charge on any atom is -0.491 e. The smallest absolute Gasteiger partial charge is 0.165 e. The maximum absolute atomic E-state index is 13.6. The van der Waals surface area contributed by atoms with Crippen LogP contribution in [-0.2, 0) is 0 Å². The van der Waals surface area contributed by atoms with Crippen molar-refractivity contribution < 1.29 is 9.13 Å². The van der Waals surface area contributed by atoms with Crippen LogP contribution in [-0.4, -0.2) is 6.61 Å². The highest BCUT2D eigenvalue weighted by atomic mass is 19.1. The molecule has 16 heavy (non-hydrogen) atoms. The van der Waals surface area contributed by atoms with Crippen LogP contribution in [0.15, 0.2) is 18.2 Å². The maximum atomic E-state index is 13.6. The van der Waals surface area contributed by atoms with Crippen LogP contribution in [0.2, 0.25) is 0 Å². The molecular weight excluding hydrogens is 205 g/mol. The van der Waals surface area contributed by atoms with Gasteiger partial charge < -0.3 is 10.5 Å². The molecule has 0 aliphatic heterocycles. The van der Waals surface area contributed by atoms with Crippen molar-refractivity contribution in [1.82, 2.24) is 0 Å². The van der Waals surface area contributed by atoms with Gasteiger partial charge in [-0.15, -0.1) is 0 Å². The summed E-state index contributed by atoms with van der Waals surface area (Å²) in [5, 5.41) is 0. The maximum Gasteiger partial charge on any atom is 0.165 e. The molecule has 0 amide bonds. The van der Waals surface area contributed by atoms with Crippen LogP contribution in [0.1, 0.15) is 37.8 Å². The first-order valence-corrected chi connectivity index (χ1v) is 5.84. The molecule has 0 saturated heterocycles. The second-order valence-electron chi connectivity index (χ2n) is 4.56. The van der Waals surface area contributed by atoms with E-state index in [4.69, 9.17) is 10.5 Å². The summed E-state index contributed by atoms with van der Waals surface area (Å²) in [5.41, 5.74) is 6.47. The lowest BCUT2D eigenvalue weighted by molar-refractivity contribution is 0.288. The average Bonchev–Trinajstić information content (AvgIpc) is 3.04. The van der Waals surface area contributed by atoms with Gasteiger partial charge in [-0.25, -0.2) is 4.39 Å². The first-order valence-electron chi connectivity index (χ1n) is 5.84. The zero-order valence-electron chi connectivity index (χ0n) is 9.58. The summed E-state index contributed by atoms with van der Waals surface area (Å²) >= 11 is 0. The predicted molar refractivity (Wildman–Crippen MR) is 61.8 cm³/mol. The highest BCUT2D eigenvalue weighted by Crippen LogP contribution is 2.32. The van der Waals surface area contributed by atoms with E-state index in [1.165, 1.54) is 18.9 Å². The SMILES string of the molecule is C[C@@H](N)c1ccc(OCCC2CC2)c(F)c1. The van der Waals surface area contributed by atoms with E-state index in [2.05, 4.69) is 0 Å². The molecule has 2 nitrogen and oxygen atoms in total. The molecule has 0 heterocycles. The van der Waals surface area contributed by atoms with Crippen LogP contribution >= 0.6 is 0 Å². The van der Waals surface area contributed by atoms with Crippen LogP contribution in [0.4, 0.5) is 4.39 Å². The molecule has 88 valence electrons. The van der Waals surface area contributed by atoms with Gasteiger partial charge in [0.15, 0.2) is 11.6 Å². The molecule has 0 aromatic heterocycles. The molecular formula is C13H18FNO. The summed E-state index contributed by atoms with van der Waals surface area (Å²) < 4.78 is 19.0. The number of halogens is 1. The predicted octanol–water partition coefficient (Wildman–Crippen LogP) is 3.02. The molecule has 1 aliphatic rings. The molecule has 1 fully saturated rings. The van der Waals surface area contributed by atoms with Gasteiger partial charge in [-0.3, -0.25) is 0 Å². The van der Waals surface area contributed by atoms with E-state index in [1.54, 1.807) is 6.07 Å². The summed E-state index contributed by atoms with van der Waals surface area (Å²) in [6.45, 7) is 2.45. The molecule has 1 saturated carbocycles. The van der Waals surface area contributed by atoms with E-state index in [1.807, 2.05) is 13.0 Å². The topological polar surface area (TPSA) is 35.2 Å². The summed E-state index contributed by atoms with van der Waals surface area (Å²) in [5.74, 6) is 0.835. The van der Waals surface area contributed by atoms with Gasteiger partial charge in [-0.1, -0.05) is 18.9 Å². The van der Waals surface area contributed by atoms with Gasteiger partial charge >= 0.3 is 0 Å². The normalized spacial score (nSPS) is 17.2. The van der Waals surface area contributed by atoms with Crippen LogP contribution in [0.5, 0.6) is 5.75 Å². The Balaban J connectivity index is 1.92. The minimum atomic E-state index is -0.314. The molecule has 1 aromatic carbocycles. The quantitative estimate of drug-likeness (QED) is 0.832. The molecule has 3 heteroatoms. The standard InChI is InChI=1S/C13H18FNO/c1-9(15)11-4-5-13(12(14)8-11)16-7-6-10-2-3-10/h4-5,8-10H,2-3,6-7,15H2,1H3/t9-/m1/s1. The van der Waals surface area contributed by atoms with Crippen LogP contribution in [0.25, 0.3) is 0 Å². The molecule has 0 unspecified atom stereocenters. The van der Waals surface area contributed by atoms with E-state index >= 15 is 0 Å². The Hall–Kier alpha value is -1.09. The van der Waals surface area contributed by atoms with Crippen LogP contribution in [0, 0.1) is 11.7 Å². The Bertz CT molecular complexity index is 361. The van der Waals surface area contributed by atoms with Crippen molar-refractivity contribution in [3.8, 4) is 5.75 Å². The average molecular weight is 223 g/mol. The Morgan fingerprint density at radius 2 is 2.25 bits per heavy atom. The van der Waals surface area contributed by atoms with Gasteiger partial charge in [-0.05, 0) is 37.0 Å². The highest BCUT2D eigenvalue weighted by Gasteiger charge is 2.20. The van der Waals surface area contributed by atoms with Gasteiger partial charge in [0.2, 0.25) is 0 Å². The van der Waals surface area contributed by atoms with E-state index < -0.39 is 0 Å². The zero-order chi connectivity index (χ0) is 11.5. The second-order valence-corrected chi connectivity index (χ2v) is 4.56. The number of hydrogen-bond acceptors (Lipinski definition) is 2. The number of hydrogen-bond donors (Lipinski definition) is 1.